The highest BCUT2D eigenvalue weighted by Gasteiger charge is 2.28. The van der Waals surface area contributed by atoms with Crippen LogP contribution in [0.1, 0.15) is 30.6 Å². The van der Waals surface area contributed by atoms with Gasteiger partial charge in [0.05, 0.1) is 12.2 Å². The lowest BCUT2D eigenvalue weighted by Gasteiger charge is -2.31. The predicted octanol–water partition coefficient (Wildman–Crippen LogP) is 1.45. The zero-order valence-electron chi connectivity index (χ0n) is 9.31. The molecular weight excluding hydrogens is 206 g/mol. The van der Waals surface area contributed by atoms with E-state index in [1.54, 1.807) is 6.07 Å². The van der Waals surface area contributed by atoms with E-state index in [9.17, 15) is 10.2 Å². The number of hydrogen-bond donors (Lipinski definition) is 3. The molecule has 0 amide bonds. The molecule has 16 heavy (non-hydrogen) atoms. The summed E-state index contributed by atoms with van der Waals surface area (Å²) in [5.74, 6) is -0.107. The molecule has 0 saturated heterocycles. The van der Waals surface area contributed by atoms with Crippen LogP contribution in [-0.2, 0) is 11.2 Å². The summed E-state index contributed by atoms with van der Waals surface area (Å²) in [4.78, 5) is 0. The number of ether oxygens (including phenoxy) is 1. The molecule has 2 rings (SSSR count). The summed E-state index contributed by atoms with van der Waals surface area (Å²) in [7, 11) is 0. The largest absolute Gasteiger partial charge is 0.504 e. The molecule has 1 aromatic rings. The van der Waals surface area contributed by atoms with Crippen LogP contribution in [0.25, 0.3) is 0 Å². The van der Waals surface area contributed by atoms with Crippen LogP contribution in [0, 0.1) is 0 Å². The minimum absolute atomic E-state index is 0.0299. The molecule has 0 fully saturated rings. The molecule has 0 bridgehead atoms. The highest BCUT2D eigenvalue weighted by Crippen LogP contribution is 2.40. The van der Waals surface area contributed by atoms with E-state index in [1.165, 1.54) is 6.07 Å². The Balaban J connectivity index is 2.45. The minimum Gasteiger partial charge on any atom is -0.504 e. The smallest absolute Gasteiger partial charge is 0.161 e. The van der Waals surface area contributed by atoms with Gasteiger partial charge in [-0.05, 0) is 18.1 Å². The van der Waals surface area contributed by atoms with Gasteiger partial charge in [0.15, 0.2) is 11.5 Å². The summed E-state index contributed by atoms with van der Waals surface area (Å²) in [6.45, 7) is 2.41. The van der Waals surface area contributed by atoms with E-state index in [4.69, 9.17) is 10.5 Å². The van der Waals surface area contributed by atoms with Crippen LogP contribution in [-0.4, -0.2) is 22.9 Å². The van der Waals surface area contributed by atoms with Gasteiger partial charge in [0.2, 0.25) is 0 Å². The van der Waals surface area contributed by atoms with Crippen molar-refractivity contribution in [3.63, 3.8) is 0 Å². The van der Waals surface area contributed by atoms with Crippen molar-refractivity contribution in [3.8, 4) is 11.5 Å². The van der Waals surface area contributed by atoms with Crippen LogP contribution in [0.5, 0.6) is 11.5 Å². The predicted molar refractivity (Wildman–Crippen MR) is 60.4 cm³/mol. The molecule has 0 unspecified atom stereocenters. The van der Waals surface area contributed by atoms with Crippen LogP contribution >= 0.6 is 0 Å². The fraction of sp³-hybridized carbons (Fsp3) is 0.500. The Labute approximate surface area is 94.7 Å². The molecule has 0 spiro atoms. The lowest BCUT2D eigenvalue weighted by atomic mass is 9.92. The molecule has 0 radical (unpaired) electrons. The van der Waals surface area contributed by atoms with Crippen LogP contribution in [0.4, 0.5) is 0 Å². The normalized spacial score (nSPS) is 24.1. The maximum absolute atomic E-state index is 9.82. The molecule has 0 saturated carbocycles. The molecule has 2 atom stereocenters. The standard InChI is InChI=1S/C12H17NO3/c1-2-7-5-9-8(11(6-13)16-7)3-4-10(14)12(9)15/h3-4,7,11,14-15H,2,5-6,13H2,1H3/t7-,11-/m0/s1. The molecule has 0 aliphatic carbocycles. The monoisotopic (exact) mass is 223 g/mol. The summed E-state index contributed by atoms with van der Waals surface area (Å²) < 4.78 is 5.79. The van der Waals surface area contributed by atoms with Crippen molar-refractivity contribution in [2.24, 2.45) is 5.73 Å². The minimum atomic E-state index is -0.180. The highest BCUT2D eigenvalue weighted by molar-refractivity contribution is 5.50. The van der Waals surface area contributed by atoms with Crippen molar-refractivity contribution in [2.45, 2.75) is 32.0 Å². The first-order valence-electron chi connectivity index (χ1n) is 5.56. The lowest BCUT2D eigenvalue weighted by molar-refractivity contribution is -0.0228. The molecule has 1 heterocycles. The Bertz CT molecular complexity index is 392. The highest BCUT2D eigenvalue weighted by atomic mass is 16.5. The Hall–Kier alpha value is -1.26. The zero-order chi connectivity index (χ0) is 11.7. The van der Waals surface area contributed by atoms with Gasteiger partial charge < -0.3 is 20.7 Å². The molecule has 4 heteroatoms. The first-order chi connectivity index (χ1) is 7.67. The third kappa shape index (κ3) is 1.74. The molecule has 0 aromatic heterocycles. The average Bonchev–Trinajstić information content (AvgIpc) is 2.32. The molecule has 4 N–H and O–H groups in total. The summed E-state index contributed by atoms with van der Waals surface area (Å²) >= 11 is 0. The van der Waals surface area contributed by atoms with E-state index in [1.807, 2.05) is 6.92 Å². The second kappa shape index (κ2) is 4.31. The zero-order valence-corrected chi connectivity index (χ0v) is 9.31. The van der Waals surface area contributed by atoms with E-state index < -0.39 is 0 Å². The quantitative estimate of drug-likeness (QED) is 0.663. The number of rotatable bonds is 2. The summed E-state index contributed by atoms with van der Waals surface area (Å²) in [5.41, 5.74) is 7.32. The van der Waals surface area contributed by atoms with Crippen molar-refractivity contribution in [1.82, 2.24) is 0 Å². The third-order valence-corrected chi connectivity index (χ3v) is 3.10. The van der Waals surface area contributed by atoms with Gasteiger partial charge in [-0.2, -0.15) is 0 Å². The van der Waals surface area contributed by atoms with Crippen LogP contribution in [0.2, 0.25) is 0 Å². The van der Waals surface area contributed by atoms with E-state index in [0.717, 1.165) is 17.5 Å². The number of phenols is 2. The molecule has 1 aromatic carbocycles. The lowest BCUT2D eigenvalue weighted by Crippen LogP contribution is -2.29. The van der Waals surface area contributed by atoms with Gasteiger partial charge in [0.1, 0.15) is 0 Å². The van der Waals surface area contributed by atoms with Gasteiger partial charge in [-0.25, -0.2) is 0 Å². The Morgan fingerprint density at radius 1 is 1.44 bits per heavy atom. The number of nitrogens with two attached hydrogens (primary N) is 1. The van der Waals surface area contributed by atoms with Crippen LogP contribution < -0.4 is 5.73 Å². The first-order valence-corrected chi connectivity index (χ1v) is 5.56. The van der Waals surface area contributed by atoms with Gasteiger partial charge in [0.25, 0.3) is 0 Å². The van der Waals surface area contributed by atoms with Crippen molar-refractivity contribution in [1.29, 1.82) is 0 Å². The molecule has 1 aliphatic heterocycles. The number of hydrogen-bond acceptors (Lipinski definition) is 4. The van der Waals surface area contributed by atoms with Crippen LogP contribution in [0.3, 0.4) is 0 Å². The maximum Gasteiger partial charge on any atom is 0.161 e. The molecule has 1 aliphatic rings. The Morgan fingerprint density at radius 3 is 2.81 bits per heavy atom. The van der Waals surface area contributed by atoms with Gasteiger partial charge in [0, 0.05) is 18.5 Å². The fourth-order valence-corrected chi connectivity index (χ4v) is 2.16. The molecule has 4 nitrogen and oxygen atoms in total. The third-order valence-electron chi connectivity index (χ3n) is 3.10. The number of fused-ring (bicyclic) bond motifs is 1. The van der Waals surface area contributed by atoms with E-state index in [0.29, 0.717) is 13.0 Å². The second-order valence-electron chi connectivity index (χ2n) is 4.10. The van der Waals surface area contributed by atoms with Gasteiger partial charge in [-0.15, -0.1) is 0 Å². The van der Waals surface area contributed by atoms with Gasteiger partial charge in [-0.1, -0.05) is 13.0 Å². The van der Waals surface area contributed by atoms with Crippen molar-refractivity contribution in [2.75, 3.05) is 6.54 Å². The van der Waals surface area contributed by atoms with Crippen molar-refractivity contribution >= 4 is 0 Å². The van der Waals surface area contributed by atoms with Gasteiger partial charge in [-0.3, -0.25) is 0 Å². The molecular formula is C12H17NO3. The summed E-state index contributed by atoms with van der Waals surface area (Å²) in [6.07, 6.45) is 1.38. The Kier molecular flexibility index (Phi) is 3.03. The van der Waals surface area contributed by atoms with Crippen molar-refractivity contribution < 1.29 is 14.9 Å². The van der Waals surface area contributed by atoms with Gasteiger partial charge >= 0.3 is 0 Å². The van der Waals surface area contributed by atoms with E-state index in [-0.39, 0.29) is 23.7 Å². The topological polar surface area (TPSA) is 75.7 Å². The van der Waals surface area contributed by atoms with Crippen molar-refractivity contribution in [3.05, 3.63) is 23.3 Å². The first kappa shape index (κ1) is 11.2. The second-order valence-corrected chi connectivity index (χ2v) is 4.10. The summed E-state index contributed by atoms with van der Waals surface area (Å²) in [6, 6.07) is 3.25. The maximum atomic E-state index is 9.82. The average molecular weight is 223 g/mol. The number of aromatic hydroxyl groups is 2. The molecule has 88 valence electrons. The van der Waals surface area contributed by atoms with E-state index >= 15 is 0 Å². The number of benzene rings is 1. The fourth-order valence-electron chi connectivity index (χ4n) is 2.16. The summed E-state index contributed by atoms with van der Waals surface area (Å²) in [5, 5.41) is 19.3. The Morgan fingerprint density at radius 2 is 2.19 bits per heavy atom. The SMILES string of the molecule is CC[C@H]1Cc2c(ccc(O)c2O)[C@H](CN)O1. The van der Waals surface area contributed by atoms with E-state index in [2.05, 4.69) is 0 Å². The van der Waals surface area contributed by atoms with Crippen LogP contribution in [0.15, 0.2) is 12.1 Å². The number of phenolic OH excluding ortho intramolecular Hbond substituents is 2.